The molecule has 0 bridgehead atoms. The van der Waals surface area contributed by atoms with Crippen LogP contribution in [-0.4, -0.2) is 137 Å². The van der Waals surface area contributed by atoms with Gasteiger partial charge in [-0.15, -0.1) is 0 Å². The highest BCUT2D eigenvalue weighted by molar-refractivity contribution is 5.83. The van der Waals surface area contributed by atoms with E-state index < -0.39 is 96.2 Å². The molecule has 17 atom stereocenters. The lowest BCUT2D eigenvalue weighted by Gasteiger charge is -2.47. The van der Waals surface area contributed by atoms with Crippen LogP contribution in [-0.2, 0) is 38.0 Å². The first-order valence-corrected chi connectivity index (χ1v) is 18.0. The lowest BCUT2D eigenvalue weighted by molar-refractivity contribution is -0.306. The number of methoxy groups -OCH3 is 1. The topological polar surface area (TPSA) is 174 Å². The summed E-state index contributed by atoms with van der Waals surface area (Å²) in [6.07, 6.45) is -7.15. The molecule has 3 saturated heterocycles. The lowest BCUT2D eigenvalue weighted by Crippen LogP contribution is -2.58. The first-order chi connectivity index (χ1) is 22.7. The molecule has 49 heavy (non-hydrogen) atoms. The van der Waals surface area contributed by atoms with E-state index in [9.17, 15) is 30.0 Å². The fourth-order valence-corrected chi connectivity index (χ4v) is 7.82. The Kier molecular flexibility index (Phi) is 14.7. The van der Waals surface area contributed by atoms with Gasteiger partial charge in [0.2, 0.25) is 0 Å². The van der Waals surface area contributed by atoms with Crippen LogP contribution in [0, 0.1) is 23.7 Å². The van der Waals surface area contributed by atoms with Gasteiger partial charge in [-0.05, 0) is 74.4 Å². The van der Waals surface area contributed by atoms with Crippen molar-refractivity contribution in [2.75, 3.05) is 21.2 Å². The summed E-state index contributed by atoms with van der Waals surface area (Å²) >= 11 is 0. The Bertz CT molecular complexity index is 1090. The highest BCUT2D eigenvalue weighted by Crippen LogP contribution is 2.38. The summed E-state index contributed by atoms with van der Waals surface area (Å²) in [6, 6.07) is -0.222. The van der Waals surface area contributed by atoms with E-state index in [4.69, 9.17) is 28.4 Å². The molecule has 13 heteroatoms. The zero-order chi connectivity index (χ0) is 37.2. The number of rotatable bonds is 7. The number of hydrogen-bond acceptors (Lipinski definition) is 13. The van der Waals surface area contributed by atoms with Crippen molar-refractivity contribution in [1.82, 2.24) is 4.90 Å². The second kappa shape index (κ2) is 17.0. The van der Waals surface area contributed by atoms with Gasteiger partial charge in [-0.1, -0.05) is 27.7 Å². The van der Waals surface area contributed by atoms with Crippen LogP contribution in [0.4, 0.5) is 0 Å². The molecule has 0 radical (unpaired) electrons. The predicted octanol–water partition coefficient (Wildman–Crippen LogP) is 2.42. The summed E-state index contributed by atoms with van der Waals surface area (Å²) < 4.78 is 37.2. The van der Waals surface area contributed by atoms with E-state index >= 15 is 0 Å². The van der Waals surface area contributed by atoms with Crippen LogP contribution >= 0.6 is 0 Å². The second-order valence-corrected chi connectivity index (χ2v) is 15.6. The molecule has 3 fully saturated rings. The quantitative estimate of drug-likeness (QED) is 0.285. The van der Waals surface area contributed by atoms with Gasteiger partial charge >= 0.3 is 5.97 Å². The molecule has 3 rings (SSSR count). The third-order valence-corrected chi connectivity index (χ3v) is 11.5. The molecule has 0 aromatic rings. The fourth-order valence-electron chi connectivity index (χ4n) is 7.82. The van der Waals surface area contributed by atoms with Crippen LogP contribution in [0.2, 0.25) is 0 Å². The summed E-state index contributed by atoms with van der Waals surface area (Å²) in [4.78, 5) is 29.5. The highest BCUT2D eigenvalue weighted by atomic mass is 16.7. The van der Waals surface area contributed by atoms with E-state index in [0.717, 1.165) is 0 Å². The molecule has 0 aromatic carbocycles. The van der Waals surface area contributed by atoms with Gasteiger partial charge in [0.25, 0.3) is 0 Å². The van der Waals surface area contributed by atoms with Crippen molar-refractivity contribution >= 4 is 11.8 Å². The molecule has 0 unspecified atom stereocenters. The molecular weight excluding hydrogens is 638 g/mol. The Morgan fingerprint density at radius 2 is 1.55 bits per heavy atom. The lowest BCUT2D eigenvalue weighted by atomic mass is 9.78. The summed E-state index contributed by atoms with van der Waals surface area (Å²) in [5.41, 5.74) is -2.90. The van der Waals surface area contributed by atoms with Crippen molar-refractivity contribution in [3.8, 4) is 0 Å². The number of hydrogen-bond donors (Lipinski definition) is 4. The van der Waals surface area contributed by atoms with E-state index in [0.29, 0.717) is 19.3 Å². The predicted molar refractivity (Wildman–Crippen MR) is 180 cm³/mol. The summed E-state index contributed by atoms with van der Waals surface area (Å²) in [6.45, 7) is 15.5. The van der Waals surface area contributed by atoms with E-state index in [1.807, 2.05) is 32.8 Å². The third-order valence-electron chi connectivity index (χ3n) is 11.5. The SMILES string of the molecule is CC[C@H]1OC(=O)[C@H](C)[C@@H](O[C@H]2C[C@@](C)(OC)[C@@H](O)[C@H](C)O2)[C@H](C)[C@@H](O[C@@H]2O[C@H](C)C[C@H](N(C)C)[C@H]2O)CC[C@@H](C)C(=O)[C@H](C)[C@@H](O)[C@]1(C)O. The Morgan fingerprint density at radius 1 is 0.918 bits per heavy atom. The Hall–Kier alpha value is -1.26. The van der Waals surface area contributed by atoms with E-state index in [1.54, 1.807) is 41.5 Å². The van der Waals surface area contributed by atoms with Gasteiger partial charge in [0.1, 0.15) is 29.7 Å². The van der Waals surface area contributed by atoms with Gasteiger partial charge < -0.3 is 53.7 Å². The van der Waals surface area contributed by atoms with Crippen LogP contribution in [0.3, 0.4) is 0 Å². The Morgan fingerprint density at radius 3 is 2.12 bits per heavy atom. The molecule has 13 nitrogen and oxygen atoms in total. The summed E-state index contributed by atoms with van der Waals surface area (Å²) in [5, 5.41) is 45.0. The number of ketones is 1. The monoisotopic (exact) mass is 703 g/mol. The number of likely N-dealkylation sites (N-methyl/N-ethyl adjacent to an activating group) is 1. The van der Waals surface area contributed by atoms with Crippen molar-refractivity contribution in [3.05, 3.63) is 0 Å². The van der Waals surface area contributed by atoms with Gasteiger partial charge in [-0.2, -0.15) is 0 Å². The van der Waals surface area contributed by atoms with E-state index in [-0.39, 0.29) is 30.8 Å². The van der Waals surface area contributed by atoms with Crippen molar-refractivity contribution < 1.29 is 58.4 Å². The largest absolute Gasteiger partial charge is 0.459 e. The highest BCUT2D eigenvalue weighted by Gasteiger charge is 2.50. The number of Topliss-reactive ketones (excluding diaryl/α,β-unsaturated/α-hetero) is 1. The molecule has 0 aromatic heterocycles. The standard InChI is InChI=1S/C36H65NO12/c1-13-26-36(9,43)31(40)21(5)28(38)18(2)14-15-25(47-34-29(39)24(37(10)11)16-19(3)45-34)20(4)30(22(6)33(42)48-26)49-27-17-35(8,44-12)32(41)23(7)46-27/h18-27,29-32,34,39-41,43H,13-17H2,1-12H3/t18-,19-,20-,21+,22-,23+,24+,25+,26-,27+,29-,30+,31-,32+,34+,35-,36-/m1/s1. The van der Waals surface area contributed by atoms with Crippen LogP contribution in [0.25, 0.3) is 0 Å². The van der Waals surface area contributed by atoms with Crippen molar-refractivity contribution in [3.63, 3.8) is 0 Å². The molecule has 3 aliphatic heterocycles. The van der Waals surface area contributed by atoms with Gasteiger partial charge in [0, 0.05) is 37.3 Å². The smallest absolute Gasteiger partial charge is 0.311 e. The Balaban J connectivity index is 2.08. The molecule has 286 valence electrons. The number of nitrogens with zero attached hydrogens (tertiary/aromatic N) is 1. The first-order valence-electron chi connectivity index (χ1n) is 18.0. The normalized spacial score (nSPS) is 48.2. The molecule has 0 amide bonds. The summed E-state index contributed by atoms with van der Waals surface area (Å²) in [5.74, 6) is -3.83. The molecule has 0 spiro atoms. The number of cyclic esters (lactones) is 1. The molecule has 0 saturated carbocycles. The van der Waals surface area contributed by atoms with Gasteiger partial charge in [0.15, 0.2) is 12.6 Å². The maximum Gasteiger partial charge on any atom is 0.311 e. The Labute approximate surface area is 292 Å². The number of aliphatic hydroxyl groups is 4. The maximum atomic E-state index is 14.0. The number of esters is 1. The van der Waals surface area contributed by atoms with Gasteiger partial charge in [0.05, 0.1) is 42.0 Å². The minimum atomic E-state index is -1.91. The minimum absolute atomic E-state index is 0.167. The zero-order valence-electron chi connectivity index (χ0n) is 31.7. The van der Waals surface area contributed by atoms with E-state index in [2.05, 4.69) is 0 Å². The molecular formula is C36H65NO12. The van der Waals surface area contributed by atoms with Crippen LogP contribution in [0.15, 0.2) is 0 Å². The number of carbonyl (C=O) groups is 2. The van der Waals surface area contributed by atoms with Crippen molar-refractivity contribution in [1.29, 1.82) is 0 Å². The van der Waals surface area contributed by atoms with E-state index in [1.165, 1.54) is 14.0 Å². The minimum Gasteiger partial charge on any atom is -0.459 e. The third kappa shape index (κ3) is 9.40. The van der Waals surface area contributed by atoms with Crippen LogP contribution in [0.5, 0.6) is 0 Å². The van der Waals surface area contributed by atoms with Gasteiger partial charge in [-0.25, -0.2) is 0 Å². The molecule has 0 aliphatic carbocycles. The van der Waals surface area contributed by atoms with Crippen LogP contribution in [0.1, 0.15) is 94.4 Å². The average molecular weight is 704 g/mol. The van der Waals surface area contributed by atoms with Crippen molar-refractivity contribution in [2.24, 2.45) is 23.7 Å². The second-order valence-electron chi connectivity index (χ2n) is 15.6. The first kappa shape index (κ1) is 42.2. The number of carbonyl (C=O) groups excluding carboxylic acids is 2. The van der Waals surface area contributed by atoms with Crippen molar-refractivity contribution in [2.45, 2.75) is 173 Å². The fraction of sp³-hybridized carbons (Fsp3) is 0.944. The molecule has 3 aliphatic rings. The number of ether oxygens (including phenoxy) is 6. The van der Waals surface area contributed by atoms with Gasteiger partial charge in [-0.3, -0.25) is 9.59 Å². The number of aliphatic hydroxyl groups excluding tert-OH is 3. The summed E-state index contributed by atoms with van der Waals surface area (Å²) in [7, 11) is 5.30. The zero-order valence-corrected chi connectivity index (χ0v) is 31.7. The molecule has 3 heterocycles. The average Bonchev–Trinajstić information content (AvgIpc) is 3.05. The maximum absolute atomic E-state index is 14.0. The van der Waals surface area contributed by atoms with Crippen LogP contribution < -0.4 is 0 Å². The molecule has 4 N–H and O–H groups in total.